The largest absolute Gasteiger partial charge is 0.423 e. The molecule has 2 N–H and O–H groups in total. The van der Waals surface area contributed by atoms with Crippen molar-refractivity contribution in [2.24, 2.45) is 0 Å². The molecule has 0 radical (unpaired) electrons. The highest BCUT2D eigenvalue weighted by Gasteiger charge is 2.14. The first-order valence-electron chi connectivity index (χ1n) is 6.33. The van der Waals surface area contributed by atoms with Crippen LogP contribution < -0.4 is 10.6 Å². The highest BCUT2D eigenvalue weighted by atomic mass is 16.7. The Labute approximate surface area is 122 Å². The van der Waals surface area contributed by atoms with E-state index in [0.717, 1.165) is 0 Å². The van der Waals surface area contributed by atoms with Crippen molar-refractivity contribution in [2.45, 2.75) is 27.1 Å². The molecule has 0 aliphatic rings. The summed E-state index contributed by atoms with van der Waals surface area (Å²) in [6.45, 7) is 3.97. The van der Waals surface area contributed by atoms with Gasteiger partial charge in [0.05, 0.1) is 6.54 Å². The van der Waals surface area contributed by atoms with E-state index in [-0.39, 0.29) is 12.5 Å². The van der Waals surface area contributed by atoms with Crippen molar-refractivity contribution in [3.05, 3.63) is 24.3 Å². The molecule has 7 nitrogen and oxygen atoms in total. The number of rotatable bonds is 6. The molecule has 0 saturated carbocycles. The lowest BCUT2D eigenvalue weighted by Gasteiger charge is -2.18. The molecule has 1 aromatic carbocycles. The van der Waals surface area contributed by atoms with Crippen molar-refractivity contribution >= 4 is 29.2 Å². The van der Waals surface area contributed by atoms with Gasteiger partial charge in [-0.15, -0.1) is 0 Å². The van der Waals surface area contributed by atoms with E-state index in [0.29, 0.717) is 11.4 Å². The Morgan fingerprint density at radius 3 is 2.14 bits per heavy atom. The molecule has 0 unspecified atom stereocenters. The van der Waals surface area contributed by atoms with E-state index in [1.807, 2.05) is 0 Å². The van der Waals surface area contributed by atoms with E-state index in [1.54, 1.807) is 24.3 Å². The van der Waals surface area contributed by atoms with Gasteiger partial charge in [-0.05, 0) is 18.2 Å². The summed E-state index contributed by atoms with van der Waals surface area (Å²) in [5.41, 5.74) is 1.31. The van der Waals surface area contributed by atoms with Gasteiger partial charge in [-0.3, -0.25) is 14.4 Å². The molecule has 1 aromatic rings. The van der Waals surface area contributed by atoms with Crippen LogP contribution in [-0.4, -0.2) is 30.7 Å². The summed E-state index contributed by atoms with van der Waals surface area (Å²) in [6, 6.07) is 6.96. The fourth-order valence-corrected chi connectivity index (χ4v) is 1.59. The van der Waals surface area contributed by atoms with Crippen LogP contribution in [0.3, 0.4) is 0 Å². The molecule has 0 saturated heterocycles. The summed E-state index contributed by atoms with van der Waals surface area (Å²) < 4.78 is 9.73. The molecule has 0 fully saturated rings. The molecule has 0 spiro atoms. The maximum absolute atomic E-state index is 11.0. The zero-order valence-corrected chi connectivity index (χ0v) is 12.1. The van der Waals surface area contributed by atoms with Crippen molar-refractivity contribution in [1.29, 1.82) is 0 Å². The quantitative estimate of drug-likeness (QED) is 0.610. The van der Waals surface area contributed by atoms with E-state index in [4.69, 9.17) is 9.47 Å². The Kier molecular flexibility index (Phi) is 6.19. The summed E-state index contributed by atoms with van der Waals surface area (Å²) in [5.74, 6) is -1.27. The zero-order valence-electron chi connectivity index (χ0n) is 12.1. The van der Waals surface area contributed by atoms with Gasteiger partial charge in [0.15, 0.2) is 0 Å². The topological polar surface area (TPSA) is 93.7 Å². The first-order chi connectivity index (χ1) is 9.86. The van der Waals surface area contributed by atoms with Crippen molar-refractivity contribution < 1.29 is 23.9 Å². The first-order valence-corrected chi connectivity index (χ1v) is 6.33. The molecular formula is C14H18N2O5. The molecule has 0 atom stereocenters. The molecule has 7 heteroatoms. The van der Waals surface area contributed by atoms with Crippen LogP contribution in [0.5, 0.6) is 0 Å². The Bertz CT molecular complexity index is 514. The third-order valence-electron chi connectivity index (χ3n) is 2.25. The standard InChI is InChI=1S/C14H18N2O5/c1-9(17)16-13-6-4-5-12(7-13)15-8-14(20-10(2)18)21-11(3)19/h4-7,14-15H,8H2,1-3H3,(H,16,17). The molecule has 1 amide bonds. The van der Waals surface area contributed by atoms with Gasteiger partial charge in [0, 0.05) is 32.1 Å². The normalized spacial score (nSPS) is 9.90. The molecule has 0 bridgehead atoms. The smallest absolute Gasteiger partial charge is 0.305 e. The first kappa shape index (κ1) is 16.5. The summed E-state index contributed by atoms with van der Waals surface area (Å²) >= 11 is 0. The van der Waals surface area contributed by atoms with Gasteiger partial charge in [-0.2, -0.15) is 0 Å². The second-order valence-corrected chi connectivity index (χ2v) is 4.29. The van der Waals surface area contributed by atoms with Crippen molar-refractivity contribution in [2.75, 3.05) is 17.2 Å². The highest BCUT2D eigenvalue weighted by molar-refractivity contribution is 5.89. The molecule has 1 rings (SSSR count). The van der Waals surface area contributed by atoms with Crippen LogP contribution in [0.15, 0.2) is 24.3 Å². The monoisotopic (exact) mass is 294 g/mol. The molecule has 0 aliphatic carbocycles. The molecule has 0 heterocycles. The summed E-state index contributed by atoms with van der Waals surface area (Å²) in [4.78, 5) is 32.9. The maximum atomic E-state index is 11.0. The van der Waals surface area contributed by atoms with Gasteiger partial charge >= 0.3 is 11.9 Å². The van der Waals surface area contributed by atoms with E-state index in [1.165, 1.54) is 20.8 Å². The van der Waals surface area contributed by atoms with Crippen LogP contribution in [0.2, 0.25) is 0 Å². The number of benzene rings is 1. The molecular weight excluding hydrogens is 276 g/mol. The minimum Gasteiger partial charge on any atom is -0.423 e. The third-order valence-corrected chi connectivity index (χ3v) is 2.25. The number of hydrogen-bond acceptors (Lipinski definition) is 6. The Morgan fingerprint density at radius 1 is 1.05 bits per heavy atom. The lowest BCUT2D eigenvalue weighted by molar-refractivity contribution is -0.182. The SMILES string of the molecule is CC(=O)Nc1cccc(NCC(OC(C)=O)OC(C)=O)c1. The number of hydrogen-bond donors (Lipinski definition) is 2. The molecule has 21 heavy (non-hydrogen) atoms. The zero-order chi connectivity index (χ0) is 15.8. The molecule has 0 aliphatic heterocycles. The second kappa shape index (κ2) is 7.88. The fourth-order valence-electron chi connectivity index (χ4n) is 1.59. The molecule has 0 aromatic heterocycles. The number of carbonyl (C=O) groups is 3. The number of anilines is 2. The number of amides is 1. The predicted octanol–water partition coefficient (Wildman–Crippen LogP) is 1.51. The van der Waals surface area contributed by atoms with Crippen molar-refractivity contribution in [1.82, 2.24) is 0 Å². The van der Waals surface area contributed by atoms with Crippen LogP contribution in [-0.2, 0) is 23.9 Å². The van der Waals surface area contributed by atoms with Gasteiger partial charge in [0.25, 0.3) is 6.29 Å². The number of carbonyl (C=O) groups excluding carboxylic acids is 3. The predicted molar refractivity (Wildman–Crippen MR) is 76.6 cm³/mol. The van der Waals surface area contributed by atoms with E-state index < -0.39 is 18.2 Å². The van der Waals surface area contributed by atoms with Crippen LogP contribution in [0.4, 0.5) is 11.4 Å². The van der Waals surface area contributed by atoms with Crippen LogP contribution >= 0.6 is 0 Å². The lowest BCUT2D eigenvalue weighted by atomic mass is 10.2. The minimum atomic E-state index is -1.01. The van der Waals surface area contributed by atoms with E-state index in [9.17, 15) is 14.4 Å². The molecule has 114 valence electrons. The van der Waals surface area contributed by atoms with Gasteiger partial charge in [-0.1, -0.05) is 6.07 Å². The Hall–Kier alpha value is -2.57. The van der Waals surface area contributed by atoms with Gasteiger partial charge in [-0.25, -0.2) is 0 Å². The van der Waals surface area contributed by atoms with E-state index >= 15 is 0 Å². The average Bonchev–Trinajstić information content (AvgIpc) is 2.34. The summed E-state index contributed by atoms with van der Waals surface area (Å²) in [7, 11) is 0. The van der Waals surface area contributed by atoms with Crippen molar-refractivity contribution in [3.8, 4) is 0 Å². The lowest BCUT2D eigenvalue weighted by Crippen LogP contribution is -2.29. The maximum Gasteiger partial charge on any atom is 0.305 e. The Morgan fingerprint density at radius 2 is 1.62 bits per heavy atom. The number of esters is 2. The van der Waals surface area contributed by atoms with Gasteiger partial charge in [0.2, 0.25) is 5.91 Å². The van der Waals surface area contributed by atoms with Gasteiger partial charge in [0.1, 0.15) is 0 Å². The minimum absolute atomic E-state index is 0.0999. The average molecular weight is 294 g/mol. The van der Waals surface area contributed by atoms with Crippen LogP contribution in [0, 0.1) is 0 Å². The van der Waals surface area contributed by atoms with Gasteiger partial charge < -0.3 is 20.1 Å². The van der Waals surface area contributed by atoms with E-state index in [2.05, 4.69) is 10.6 Å². The number of nitrogens with one attached hydrogen (secondary N) is 2. The Balaban J connectivity index is 2.63. The number of ether oxygens (including phenoxy) is 2. The van der Waals surface area contributed by atoms with Crippen molar-refractivity contribution in [3.63, 3.8) is 0 Å². The third kappa shape index (κ3) is 6.95. The second-order valence-electron chi connectivity index (χ2n) is 4.29. The summed E-state index contributed by atoms with van der Waals surface area (Å²) in [5, 5.41) is 5.61. The summed E-state index contributed by atoms with van der Waals surface area (Å²) in [6.07, 6.45) is -1.01. The van der Waals surface area contributed by atoms with Crippen LogP contribution in [0.1, 0.15) is 20.8 Å². The fraction of sp³-hybridized carbons (Fsp3) is 0.357. The highest BCUT2D eigenvalue weighted by Crippen LogP contribution is 2.15. The van der Waals surface area contributed by atoms with Crippen LogP contribution in [0.25, 0.3) is 0 Å².